The molecular formula is C15H24N2O. The summed E-state index contributed by atoms with van der Waals surface area (Å²) in [5, 5.41) is 6.86. The van der Waals surface area contributed by atoms with E-state index in [2.05, 4.69) is 29.8 Å². The number of hydrogen-bond donors (Lipinski definition) is 2. The van der Waals surface area contributed by atoms with Gasteiger partial charge in [-0.15, -0.1) is 0 Å². The summed E-state index contributed by atoms with van der Waals surface area (Å²) in [6, 6.07) is 8.87. The van der Waals surface area contributed by atoms with Crippen LogP contribution in [0.5, 0.6) is 5.75 Å². The van der Waals surface area contributed by atoms with E-state index >= 15 is 0 Å². The maximum absolute atomic E-state index is 5.22. The minimum atomic E-state index is 0.373. The van der Waals surface area contributed by atoms with Crippen LogP contribution < -0.4 is 15.4 Å². The van der Waals surface area contributed by atoms with E-state index < -0.39 is 0 Å². The first-order valence-electron chi connectivity index (χ1n) is 6.71. The van der Waals surface area contributed by atoms with E-state index in [9.17, 15) is 0 Å². The van der Waals surface area contributed by atoms with Gasteiger partial charge in [-0.1, -0.05) is 18.6 Å². The molecular weight excluding hydrogens is 224 g/mol. The average Bonchev–Trinajstić information content (AvgIpc) is 2.37. The zero-order valence-electron chi connectivity index (χ0n) is 11.6. The lowest BCUT2D eigenvalue weighted by Gasteiger charge is -2.48. The molecule has 1 fully saturated rings. The normalized spacial score (nSPS) is 19.1. The van der Waals surface area contributed by atoms with Gasteiger partial charge in [-0.05, 0) is 44.6 Å². The van der Waals surface area contributed by atoms with E-state index in [0.29, 0.717) is 11.5 Å². The van der Waals surface area contributed by atoms with Gasteiger partial charge in [0.25, 0.3) is 0 Å². The molecule has 0 heterocycles. The molecule has 0 spiro atoms. The van der Waals surface area contributed by atoms with Crippen LogP contribution in [0.1, 0.15) is 30.9 Å². The molecule has 1 aromatic carbocycles. The van der Waals surface area contributed by atoms with Gasteiger partial charge < -0.3 is 15.4 Å². The Morgan fingerprint density at radius 1 is 1.22 bits per heavy atom. The molecule has 0 saturated heterocycles. The molecule has 1 aromatic rings. The van der Waals surface area contributed by atoms with E-state index in [1.165, 1.54) is 24.8 Å². The highest BCUT2D eigenvalue weighted by molar-refractivity contribution is 5.30. The highest BCUT2D eigenvalue weighted by Crippen LogP contribution is 2.49. The lowest BCUT2D eigenvalue weighted by molar-refractivity contribution is 0.0788. The monoisotopic (exact) mass is 248 g/mol. The highest BCUT2D eigenvalue weighted by atomic mass is 16.5. The zero-order valence-corrected chi connectivity index (χ0v) is 11.6. The largest absolute Gasteiger partial charge is 0.497 e. The molecule has 1 atom stereocenters. The minimum absolute atomic E-state index is 0.373. The molecule has 3 heteroatoms. The van der Waals surface area contributed by atoms with Crippen molar-refractivity contribution in [2.24, 2.45) is 5.41 Å². The maximum Gasteiger partial charge on any atom is 0.118 e. The van der Waals surface area contributed by atoms with Gasteiger partial charge in [0.1, 0.15) is 5.75 Å². The second kappa shape index (κ2) is 5.72. The van der Waals surface area contributed by atoms with Gasteiger partial charge in [-0.3, -0.25) is 0 Å². The van der Waals surface area contributed by atoms with Crippen LogP contribution in [0.15, 0.2) is 24.3 Å². The Bertz CT molecular complexity index is 371. The number of rotatable bonds is 6. The van der Waals surface area contributed by atoms with Gasteiger partial charge in [0.05, 0.1) is 7.11 Å². The number of methoxy groups -OCH3 is 1. The van der Waals surface area contributed by atoms with Crippen molar-refractivity contribution >= 4 is 0 Å². The van der Waals surface area contributed by atoms with E-state index in [1.807, 2.05) is 19.2 Å². The van der Waals surface area contributed by atoms with Gasteiger partial charge in [-0.25, -0.2) is 0 Å². The average molecular weight is 248 g/mol. The summed E-state index contributed by atoms with van der Waals surface area (Å²) in [4.78, 5) is 0. The van der Waals surface area contributed by atoms with Crippen LogP contribution in [0.4, 0.5) is 0 Å². The first-order valence-corrected chi connectivity index (χ1v) is 6.71. The molecule has 1 aliphatic rings. The van der Waals surface area contributed by atoms with Crippen molar-refractivity contribution in [1.82, 2.24) is 10.6 Å². The number of nitrogens with one attached hydrogen (secondary N) is 2. The lowest BCUT2D eigenvalue weighted by Crippen LogP contribution is -2.47. The predicted octanol–water partition coefficient (Wildman–Crippen LogP) is 2.35. The molecule has 0 aromatic heterocycles. The molecule has 0 radical (unpaired) electrons. The van der Waals surface area contributed by atoms with Crippen molar-refractivity contribution in [2.75, 3.05) is 27.7 Å². The second-order valence-electron chi connectivity index (χ2n) is 5.24. The van der Waals surface area contributed by atoms with Gasteiger partial charge in [-0.2, -0.15) is 0 Å². The fourth-order valence-corrected chi connectivity index (χ4v) is 3.17. The lowest BCUT2D eigenvalue weighted by atomic mass is 9.62. The summed E-state index contributed by atoms with van der Waals surface area (Å²) in [5.74, 6) is 0.921. The Labute approximate surface area is 110 Å². The van der Waals surface area contributed by atoms with Crippen LogP contribution in [-0.2, 0) is 0 Å². The van der Waals surface area contributed by atoms with Crippen molar-refractivity contribution in [2.45, 2.75) is 25.3 Å². The molecule has 0 aliphatic heterocycles. The Kier molecular flexibility index (Phi) is 4.25. The molecule has 2 N–H and O–H groups in total. The van der Waals surface area contributed by atoms with Crippen molar-refractivity contribution in [1.29, 1.82) is 0 Å². The topological polar surface area (TPSA) is 33.3 Å². The summed E-state index contributed by atoms with van der Waals surface area (Å²) in [6.45, 7) is 1.07. The summed E-state index contributed by atoms with van der Waals surface area (Å²) in [5.41, 5.74) is 1.73. The van der Waals surface area contributed by atoms with Crippen molar-refractivity contribution in [3.05, 3.63) is 29.8 Å². The Balaban J connectivity index is 2.20. The summed E-state index contributed by atoms with van der Waals surface area (Å²) in [6.07, 6.45) is 3.94. The molecule has 1 aliphatic carbocycles. The van der Waals surface area contributed by atoms with Gasteiger partial charge in [0.2, 0.25) is 0 Å². The van der Waals surface area contributed by atoms with Crippen LogP contribution in [0.25, 0.3) is 0 Å². The molecule has 1 saturated carbocycles. The molecule has 18 heavy (non-hydrogen) atoms. The van der Waals surface area contributed by atoms with Gasteiger partial charge >= 0.3 is 0 Å². The van der Waals surface area contributed by atoms with Crippen molar-refractivity contribution in [3.8, 4) is 5.75 Å². The first kappa shape index (κ1) is 13.4. The van der Waals surface area contributed by atoms with Crippen LogP contribution in [0, 0.1) is 5.41 Å². The van der Waals surface area contributed by atoms with Gasteiger partial charge in [0, 0.05) is 18.0 Å². The Morgan fingerprint density at radius 3 is 2.28 bits per heavy atom. The van der Waals surface area contributed by atoms with E-state index in [0.717, 1.165) is 12.3 Å². The van der Waals surface area contributed by atoms with Gasteiger partial charge in [0.15, 0.2) is 0 Å². The SMILES string of the molecule is CNCC1(C(NC)c2ccc(OC)cc2)CCC1. The Morgan fingerprint density at radius 2 is 1.89 bits per heavy atom. The smallest absolute Gasteiger partial charge is 0.118 e. The fraction of sp³-hybridized carbons (Fsp3) is 0.600. The summed E-state index contributed by atoms with van der Waals surface area (Å²) < 4.78 is 5.22. The third kappa shape index (κ3) is 2.38. The zero-order chi connectivity index (χ0) is 13.0. The third-order valence-electron chi connectivity index (χ3n) is 4.23. The number of benzene rings is 1. The standard InChI is InChI=1S/C15H24N2O/c1-16-11-15(9-4-10-15)14(17-2)12-5-7-13(18-3)8-6-12/h5-8,14,16-17H,4,9-11H2,1-3H3. The molecule has 3 nitrogen and oxygen atoms in total. The quantitative estimate of drug-likeness (QED) is 0.810. The van der Waals surface area contributed by atoms with E-state index in [1.54, 1.807) is 7.11 Å². The first-order chi connectivity index (χ1) is 8.75. The van der Waals surface area contributed by atoms with E-state index in [4.69, 9.17) is 4.74 Å². The predicted molar refractivity (Wildman–Crippen MR) is 75.0 cm³/mol. The third-order valence-corrected chi connectivity index (χ3v) is 4.23. The molecule has 1 unspecified atom stereocenters. The van der Waals surface area contributed by atoms with Crippen molar-refractivity contribution in [3.63, 3.8) is 0 Å². The molecule has 0 bridgehead atoms. The van der Waals surface area contributed by atoms with Crippen LogP contribution in [0.3, 0.4) is 0 Å². The summed E-state index contributed by atoms with van der Waals surface area (Å²) in [7, 11) is 5.81. The van der Waals surface area contributed by atoms with E-state index in [-0.39, 0.29) is 0 Å². The van der Waals surface area contributed by atoms with Crippen LogP contribution in [-0.4, -0.2) is 27.7 Å². The van der Waals surface area contributed by atoms with Crippen LogP contribution >= 0.6 is 0 Å². The summed E-state index contributed by atoms with van der Waals surface area (Å²) >= 11 is 0. The highest BCUT2D eigenvalue weighted by Gasteiger charge is 2.43. The molecule has 100 valence electrons. The Hall–Kier alpha value is -1.06. The minimum Gasteiger partial charge on any atom is -0.497 e. The van der Waals surface area contributed by atoms with Crippen molar-refractivity contribution < 1.29 is 4.74 Å². The molecule has 2 rings (SSSR count). The molecule has 0 amide bonds. The number of hydrogen-bond acceptors (Lipinski definition) is 3. The second-order valence-corrected chi connectivity index (χ2v) is 5.24. The van der Waals surface area contributed by atoms with Crippen LogP contribution in [0.2, 0.25) is 0 Å². The number of ether oxygens (including phenoxy) is 1. The maximum atomic E-state index is 5.22. The fourth-order valence-electron chi connectivity index (χ4n) is 3.17.